The highest BCUT2D eigenvalue weighted by Crippen LogP contribution is 2.24. The zero-order valence-corrected chi connectivity index (χ0v) is 13.4. The van der Waals surface area contributed by atoms with E-state index >= 15 is 0 Å². The summed E-state index contributed by atoms with van der Waals surface area (Å²) in [6.45, 7) is 9.06. The Morgan fingerprint density at radius 2 is 1.95 bits per heavy atom. The Hall–Kier alpha value is -1.33. The lowest BCUT2D eigenvalue weighted by Crippen LogP contribution is -2.58. The van der Waals surface area contributed by atoms with E-state index in [0.717, 1.165) is 25.9 Å². The molecule has 0 unspecified atom stereocenters. The van der Waals surface area contributed by atoms with Crippen molar-refractivity contribution in [2.24, 2.45) is 0 Å². The van der Waals surface area contributed by atoms with Gasteiger partial charge >= 0.3 is 0 Å². The second-order valence-corrected chi connectivity index (χ2v) is 6.92. The number of nitrogens with zero attached hydrogens (tertiary/aromatic N) is 1. The van der Waals surface area contributed by atoms with Crippen molar-refractivity contribution in [3.05, 3.63) is 24.0 Å². The molecule has 0 aliphatic carbocycles. The van der Waals surface area contributed by atoms with Crippen molar-refractivity contribution in [1.29, 1.82) is 0 Å². The molecule has 5 heteroatoms. The van der Waals surface area contributed by atoms with Gasteiger partial charge in [0, 0.05) is 12.2 Å². The molecule has 2 heterocycles. The van der Waals surface area contributed by atoms with Gasteiger partial charge in [0.2, 0.25) is 0 Å². The normalized spacial score (nSPS) is 17.8. The number of piperidine rings is 1. The molecule has 0 spiro atoms. The zero-order valence-electron chi connectivity index (χ0n) is 13.4. The van der Waals surface area contributed by atoms with E-state index in [0.29, 0.717) is 11.7 Å². The van der Waals surface area contributed by atoms with Crippen LogP contribution in [0.5, 0.6) is 0 Å². The van der Waals surface area contributed by atoms with Crippen LogP contribution in [-0.2, 0) is 0 Å². The largest absolute Gasteiger partial charge is 0.388 e. The summed E-state index contributed by atoms with van der Waals surface area (Å²) >= 11 is 0. The van der Waals surface area contributed by atoms with E-state index in [1.165, 1.54) is 0 Å². The van der Waals surface area contributed by atoms with Gasteiger partial charge < -0.3 is 20.3 Å². The van der Waals surface area contributed by atoms with Gasteiger partial charge in [-0.25, -0.2) is 0 Å². The molecule has 0 bridgehead atoms. The van der Waals surface area contributed by atoms with Gasteiger partial charge in [-0.05, 0) is 65.8 Å². The fraction of sp³-hybridized carbons (Fsp3) is 0.688. The van der Waals surface area contributed by atoms with Gasteiger partial charge in [-0.15, -0.1) is 0 Å². The molecule has 3 N–H and O–H groups in total. The Morgan fingerprint density at radius 3 is 2.52 bits per heavy atom. The topological polar surface area (TPSA) is 66.3 Å². The molecule has 1 aliphatic heterocycles. The number of aliphatic hydroxyl groups is 1. The van der Waals surface area contributed by atoms with Crippen LogP contribution in [0, 0.1) is 0 Å². The Morgan fingerprint density at radius 1 is 1.33 bits per heavy atom. The summed E-state index contributed by atoms with van der Waals surface area (Å²) in [5.41, 5.74) is -1.03. The third-order valence-corrected chi connectivity index (χ3v) is 4.67. The SMILES string of the molecule is CC(C)(O)C(C)(C)NC(=O)c1cccn1C1CCNCC1. The van der Waals surface area contributed by atoms with Crippen LogP contribution in [0.4, 0.5) is 0 Å². The fourth-order valence-corrected chi connectivity index (χ4v) is 2.49. The number of aromatic nitrogens is 1. The molecule has 1 aromatic heterocycles. The molecule has 1 aromatic rings. The summed E-state index contributed by atoms with van der Waals surface area (Å²) in [7, 11) is 0. The lowest BCUT2D eigenvalue weighted by atomic mass is 9.86. The minimum absolute atomic E-state index is 0.134. The van der Waals surface area contributed by atoms with Crippen molar-refractivity contribution in [3.63, 3.8) is 0 Å². The summed E-state index contributed by atoms with van der Waals surface area (Å²) < 4.78 is 2.07. The minimum Gasteiger partial charge on any atom is -0.388 e. The zero-order chi connectivity index (χ0) is 15.7. The number of carbonyl (C=O) groups excluding carboxylic acids is 1. The molecule has 1 saturated heterocycles. The van der Waals surface area contributed by atoms with Crippen LogP contribution < -0.4 is 10.6 Å². The van der Waals surface area contributed by atoms with E-state index in [4.69, 9.17) is 0 Å². The number of carbonyl (C=O) groups is 1. The van der Waals surface area contributed by atoms with Crippen molar-refractivity contribution >= 4 is 5.91 Å². The fourth-order valence-electron chi connectivity index (χ4n) is 2.49. The summed E-state index contributed by atoms with van der Waals surface area (Å²) in [6.07, 6.45) is 4.04. The van der Waals surface area contributed by atoms with Crippen LogP contribution in [0.2, 0.25) is 0 Å². The smallest absolute Gasteiger partial charge is 0.268 e. The first kappa shape index (κ1) is 16.0. The first-order valence-corrected chi connectivity index (χ1v) is 7.65. The monoisotopic (exact) mass is 293 g/mol. The van der Waals surface area contributed by atoms with Gasteiger partial charge in [0.15, 0.2) is 0 Å². The molecule has 5 nitrogen and oxygen atoms in total. The maximum absolute atomic E-state index is 12.6. The van der Waals surface area contributed by atoms with Crippen LogP contribution >= 0.6 is 0 Å². The van der Waals surface area contributed by atoms with Gasteiger partial charge in [-0.1, -0.05) is 0 Å². The van der Waals surface area contributed by atoms with E-state index in [-0.39, 0.29) is 5.91 Å². The quantitative estimate of drug-likeness (QED) is 0.791. The third kappa shape index (κ3) is 3.47. The van der Waals surface area contributed by atoms with Crippen LogP contribution in [-0.4, -0.2) is 39.8 Å². The Kier molecular flexibility index (Phi) is 4.44. The predicted octanol–water partition coefficient (Wildman–Crippen LogP) is 1.69. The maximum atomic E-state index is 12.6. The Bertz CT molecular complexity index is 494. The molecular formula is C16H27N3O2. The highest BCUT2D eigenvalue weighted by Gasteiger charge is 2.37. The number of nitrogens with one attached hydrogen (secondary N) is 2. The number of hydrogen-bond acceptors (Lipinski definition) is 3. The number of rotatable bonds is 4. The maximum Gasteiger partial charge on any atom is 0.268 e. The third-order valence-electron chi connectivity index (χ3n) is 4.67. The van der Waals surface area contributed by atoms with E-state index in [2.05, 4.69) is 15.2 Å². The van der Waals surface area contributed by atoms with Crippen LogP contribution in [0.3, 0.4) is 0 Å². The molecule has 0 aromatic carbocycles. The molecule has 1 aliphatic rings. The average molecular weight is 293 g/mol. The molecule has 0 saturated carbocycles. The average Bonchev–Trinajstić information content (AvgIpc) is 2.87. The molecule has 118 valence electrons. The van der Waals surface area contributed by atoms with Crippen LogP contribution in [0.25, 0.3) is 0 Å². The lowest BCUT2D eigenvalue weighted by Gasteiger charge is -2.38. The number of amides is 1. The van der Waals surface area contributed by atoms with Crippen molar-refractivity contribution in [3.8, 4) is 0 Å². The molecule has 1 fully saturated rings. The highest BCUT2D eigenvalue weighted by atomic mass is 16.3. The van der Waals surface area contributed by atoms with Gasteiger partial charge in [-0.3, -0.25) is 4.79 Å². The molecule has 0 atom stereocenters. The first-order chi connectivity index (χ1) is 9.72. The Balaban J connectivity index is 2.15. The summed E-state index contributed by atoms with van der Waals surface area (Å²) in [5.74, 6) is -0.134. The van der Waals surface area contributed by atoms with E-state index in [9.17, 15) is 9.90 Å². The van der Waals surface area contributed by atoms with Gasteiger partial charge in [0.05, 0.1) is 11.1 Å². The van der Waals surface area contributed by atoms with Crippen molar-refractivity contribution in [2.45, 2.75) is 57.7 Å². The summed E-state index contributed by atoms with van der Waals surface area (Å²) in [5, 5.41) is 16.5. The second kappa shape index (κ2) is 5.81. The molecule has 0 radical (unpaired) electrons. The Labute approximate surface area is 126 Å². The minimum atomic E-state index is -0.991. The van der Waals surface area contributed by atoms with Gasteiger partial charge in [0.25, 0.3) is 5.91 Å². The standard InChI is InChI=1S/C16H27N3O2/c1-15(2,16(3,4)21)18-14(20)13-6-5-11-19(13)12-7-9-17-10-8-12/h5-6,11-12,17,21H,7-10H2,1-4H3,(H,18,20). The van der Waals surface area contributed by atoms with E-state index in [1.54, 1.807) is 13.8 Å². The highest BCUT2D eigenvalue weighted by molar-refractivity contribution is 5.93. The first-order valence-electron chi connectivity index (χ1n) is 7.65. The van der Waals surface area contributed by atoms with Crippen LogP contribution in [0.1, 0.15) is 57.1 Å². The van der Waals surface area contributed by atoms with Gasteiger partial charge in [0.1, 0.15) is 5.69 Å². The van der Waals surface area contributed by atoms with Crippen molar-refractivity contribution in [1.82, 2.24) is 15.2 Å². The van der Waals surface area contributed by atoms with Crippen LogP contribution in [0.15, 0.2) is 18.3 Å². The molecule has 2 rings (SSSR count). The summed E-state index contributed by atoms with van der Waals surface area (Å²) in [4.78, 5) is 12.6. The second-order valence-electron chi connectivity index (χ2n) is 6.92. The predicted molar refractivity (Wildman–Crippen MR) is 83.4 cm³/mol. The van der Waals surface area contributed by atoms with Crippen molar-refractivity contribution in [2.75, 3.05) is 13.1 Å². The van der Waals surface area contributed by atoms with Crippen molar-refractivity contribution < 1.29 is 9.90 Å². The van der Waals surface area contributed by atoms with E-state index in [1.807, 2.05) is 32.2 Å². The number of hydrogen-bond donors (Lipinski definition) is 3. The molecule has 21 heavy (non-hydrogen) atoms. The van der Waals surface area contributed by atoms with Gasteiger partial charge in [-0.2, -0.15) is 0 Å². The molecule has 1 amide bonds. The lowest BCUT2D eigenvalue weighted by molar-refractivity contribution is -0.00314. The summed E-state index contributed by atoms with van der Waals surface area (Å²) in [6, 6.07) is 4.12. The molecular weight excluding hydrogens is 266 g/mol. The van der Waals surface area contributed by atoms with E-state index < -0.39 is 11.1 Å².